The van der Waals surface area contributed by atoms with Gasteiger partial charge in [-0.1, -0.05) is 18.2 Å². The Morgan fingerprint density at radius 2 is 2.27 bits per heavy atom. The van der Waals surface area contributed by atoms with Gasteiger partial charge < -0.3 is 14.8 Å². The molecule has 0 aromatic heterocycles. The predicted octanol–water partition coefficient (Wildman–Crippen LogP) is 2.55. The van der Waals surface area contributed by atoms with Crippen molar-refractivity contribution in [2.24, 2.45) is 0 Å². The Morgan fingerprint density at radius 1 is 1.40 bits per heavy atom. The lowest BCUT2D eigenvalue weighted by atomic mass is 10.0. The molecule has 0 saturated heterocycles. The molecule has 0 radical (unpaired) electrons. The maximum Gasteiger partial charge on any atom is 0.147 e. The number of hydrogen-bond donors (Lipinski definition) is 1. The van der Waals surface area contributed by atoms with E-state index in [4.69, 9.17) is 9.47 Å². The van der Waals surface area contributed by atoms with Crippen LogP contribution in [0.3, 0.4) is 0 Å². The molecule has 0 amide bonds. The van der Waals surface area contributed by atoms with E-state index in [1.165, 1.54) is 11.3 Å². The standard InChI is InChI=1S/C12H17NO2/c1-14-9-15-12-7-4-8-13-11-6-3-2-5-10(11)12/h2-3,5-6,12-13H,4,7-9H2,1H3/t12-/m0/s1. The predicted molar refractivity (Wildman–Crippen MR) is 59.9 cm³/mol. The smallest absolute Gasteiger partial charge is 0.147 e. The van der Waals surface area contributed by atoms with Crippen molar-refractivity contribution in [1.29, 1.82) is 0 Å². The van der Waals surface area contributed by atoms with Crippen molar-refractivity contribution < 1.29 is 9.47 Å². The number of fused-ring (bicyclic) bond motifs is 1. The molecule has 0 fully saturated rings. The van der Waals surface area contributed by atoms with E-state index in [9.17, 15) is 0 Å². The molecule has 0 aliphatic carbocycles. The molecular weight excluding hydrogens is 190 g/mol. The second-order valence-electron chi connectivity index (χ2n) is 3.72. The highest BCUT2D eigenvalue weighted by Gasteiger charge is 2.18. The van der Waals surface area contributed by atoms with Crippen LogP contribution in [0.15, 0.2) is 24.3 Å². The fourth-order valence-corrected chi connectivity index (χ4v) is 1.93. The van der Waals surface area contributed by atoms with Crippen LogP contribution >= 0.6 is 0 Å². The number of hydrogen-bond acceptors (Lipinski definition) is 3. The highest BCUT2D eigenvalue weighted by molar-refractivity contribution is 5.52. The van der Waals surface area contributed by atoms with Gasteiger partial charge >= 0.3 is 0 Å². The van der Waals surface area contributed by atoms with E-state index in [1.807, 2.05) is 6.07 Å². The van der Waals surface area contributed by atoms with Gasteiger partial charge in [-0.2, -0.15) is 0 Å². The number of rotatable bonds is 3. The average molecular weight is 207 g/mol. The van der Waals surface area contributed by atoms with Crippen LogP contribution in [0.4, 0.5) is 5.69 Å². The Morgan fingerprint density at radius 3 is 3.13 bits per heavy atom. The maximum absolute atomic E-state index is 5.68. The summed E-state index contributed by atoms with van der Waals surface area (Å²) < 4.78 is 10.6. The van der Waals surface area contributed by atoms with Gasteiger partial charge in [-0.15, -0.1) is 0 Å². The lowest BCUT2D eigenvalue weighted by Crippen LogP contribution is -2.06. The van der Waals surface area contributed by atoms with Crippen LogP contribution in [0.1, 0.15) is 24.5 Å². The first-order chi connectivity index (χ1) is 7.42. The van der Waals surface area contributed by atoms with Gasteiger partial charge in [0.15, 0.2) is 0 Å². The SMILES string of the molecule is COCO[C@H]1CCCNc2ccccc21. The van der Waals surface area contributed by atoms with Crippen molar-refractivity contribution in [3.8, 4) is 0 Å². The zero-order chi connectivity index (χ0) is 10.5. The van der Waals surface area contributed by atoms with Crippen LogP contribution in [-0.4, -0.2) is 20.4 Å². The summed E-state index contributed by atoms with van der Waals surface area (Å²) in [4.78, 5) is 0. The molecule has 1 aliphatic heterocycles. The summed E-state index contributed by atoms with van der Waals surface area (Å²) in [6, 6.07) is 8.32. The molecule has 2 rings (SSSR count). The van der Waals surface area contributed by atoms with Crippen molar-refractivity contribution >= 4 is 5.69 Å². The summed E-state index contributed by atoms with van der Waals surface area (Å²) >= 11 is 0. The first-order valence-electron chi connectivity index (χ1n) is 5.35. The van der Waals surface area contributed by atoms with Crippen LogP contribution < -0.4 is 5.32 Å². The fourth-order valence-electron chi connectivity index (χ4n) is 1.93. The topological polar surface area (TPSA) is 30.5 Å². The molecule has 1 aromatic carbocycles. The minimum Gasteiger partial charge on any atom is -0.385 e. The van der Waals surface area contributed by atoms with Crippen molar-refractivity contribution in [3.05, 3.63) is 29.8 Å². The highest BCUT2D eigenvalue weighted by atomic mass is 16.7. The molecule has 82 valence electrons. The van der Waals surface area contributed by atoms with E-state index in [1.54, 1.807) is 7.11 Å². The van der Waals surface area contributed by atoms with E-state index in [-0.39, 0.29) is 6.10 Å². The molecule has 1 heterocycles. The van der Waals surface area contributed by atoms with E-state index >= 15 is 0 Å². The number of methoxy groups -OCH3 is 1. The van der Waals surface area contributed by atoms with E-state index in [0.717, 1.165) is 19.4 Å². The molecule has 0 unspecified atom stereocenters. The second-order valence-corrected chi connectivity index (χ2v) is 3.72. The van der Waals surface area contributed by atoms with E-state index < -0.39 is 0 Å². The van der Waals surface area contributed by atoms with Gasteiger partial charge in [-0.25, -0.2) is 0 Å². The zero-order valence-electron chi connectivity index (χ0n) is 9.03. The van der Waals surface area contributed by atoms with Gasteiger partial charge in [-0.05, 0) is 18.9 Å². The molecule has 0 bridgehead atoms. The third-order valence-electron chi connectivity index (χ3n) is 2.65. The average Bonchev–Trinajstić information content (AvgIpc) is 2.49. The molecule has 3 nitrogen and oxygen atoms in total. The Balaban J connectivity index is 2.17. The Bertz CT molecular complexity index is 314. The van der Waals surface area contributed by atoms with Crippen LogP contribution in [-0.2, 0) is 9.47 Å². The molecule has 15 heavy (non-hydrogen) atoms. The largest absolute Gasteiger partial charge is 0.385 e. The first-order valence-corrected chi connectivity index (χ1v) is 5.35. The monoisotopic (exact) mass is 207 g/mol. The minimum atomic E-state index is 0.163. The third-order valence-corrected chi connectivity index (χ3v) is 2.65. The van der Waals surface area contributed by atoms with Gasteiger partial charge in [0.05, 0.1) is 6.10 Å². The minimum absolute atomic E-state index is 0.163. The van der Waals surface area contributed by atoms with Crippen molar-refractivity contribution in [2.75, 3.05) is 25.8 Å². The summed E-state index contributed by atoms with van der Waals surface area (Å²) in [7, 11) is 1.65. The molecule has 3 heteroatoms. The normalized spacial score (nSPS) is 20.2. The molecule has 1 atom stereocenters. The molecular formula is C12H17NO2. The van der Waals surface area contributed by atoms with Crippen LogP contribution in [0, 0.1) is 0 Å². The summed E-state index contributed by atoms with van der Waals surface area (Å²) in [6.45, 7) is 1.38. The van der Waals surface area contributed by atoms with Crippen molar-refractivity contribution in [1.82, 2.24) is 0 Å². The van der Waals surface area contributed by atoms with Crippen LogP contribution in [0.25, 0.3) is 0 Å². The summed E-state index contributed by atoms with van der Waals surface area (Å²) in [5, 5.41) is 3.41. The Kier molecular flexibility index (Phi) is 3.59. The van der Waals surface area contributed by atoms with Crippen molar-refractivity contribution in [2.45, 2.75) is 18.9 Å². The van der Waals surface area contributed by atoms with Gasteiger partial charge in [0, 0.05) is 24.9 Å². The summed E-state index contributed by atoms with van der Waals surface area (Å²) in [5.41, 5.74) is 2.43. The van der Waals surface area contributed by atoms with Crippen LogP contribution in [0.5, 0.6) is 0 Å². The number of ether oxygens (including phenoxy) is 2. The molecule has 1 aromatic rings. The highest BCUT2D eigenvalue weighted by Crippen LogP contribution is 2.31. The molecule has 0 spiro atoms. The van der Waals surface area contributed by atoms with Gasteiger partial charge in [0.25, 0.3) is 0 Å². The summed E-state index contributed by atoms with van der Waals surface area (Å²) in [6.07, 6.45) is 2.34. The molecule has 1 aliphatic rings. The molecule has 0 saturated carbocycles. The van der Waals surface area contributed by atoms with Crippen molar-refractivity contribution in [3.63, 3.8) is 0 Å². The number of anilines is 1. The first kappa shape index (κ1) is 10.5. The number of nitrogens with one attached hydrogen (secondary N) is 1. The zero-order valence-corrected chi connectivity index (χ0v) is 9.03. The number of benzene rings is 1. The maximum atomic E-state index is 5.68. The second kappa shape index (κ2) is 5.14. The van der Waals surface area contributed by atoms with Gasteiger partial charge in [-0.3, -0.25) is 0 Å². The lowest BCUT2D eigenvalue weighted by Gasteiger charge is -2.17. The fraction of sp³-hybridized carbons (Fsp3) is 0.500. The van der Waals surface area contributed by atoms with E-state index in [0.29, 0.717) is 6.79 Å². The quantitative estimate of drug-likeness (QED) is 0.773. The third kappa shape index (κ3) is 2.49. The van der Waals surface area contributed by atoms with Crippen LogP contribution in [0.2, 0.25) is 0 Å². The van der Waals surface area contributed by atoms with Gasteiger partial charge in [0.2, 0.25) is 0 Å². The van der Waals surface area contributed by atoms with E-state index in [2.05, 4.69) is 23.5 Å². The molecule has 1 N–H and O–H groups in total. The number of para-hydroxylation sites is 1. The Labute approximate surface area is 90.4 Å². The Hall–Kier alpha value is -1.06. The lowest BCUT2D eigenvalue weighted by molar-refractivity contribution is -0.0753. The summed E-state index contributed by atoms with van der Waals surface area (Å²) in [5.74, 6) is 0. The van der Waals surface area contributed by atoms with Gasteiger partial charge in [0.1, 0.15) is 6.79 Å².